The summed E-state index contributed by atoms with van der Waals surface area (Å²) in [7, 11) is 2.43. The Kier molecular flexibility index (Phi) is 8.70. The van der Waals surface area contributed by atoms with Gasteiger partial charge < -0.3 is 30.7 Å². The van der Waals surface area contributed by atoms with Gasteiger partial charge in [0.2, 0.25) is 0 Å². The number of phenols is 2. The number of para-hydroxylation sites is 2. The number of nitrogens with two attached hydrogens (primary N) is 1. The third-order valence-electron chi connectivity index (χ3n) is 4.52. The number of nitro groups is 1. The number of nitrogen functional groups attached to an aromatic ring is 1. The molecule has 3 aromatic rings. The zero-order valence-electron chi connectivity index (χ0n) is 18.6. The van der Waals surface area contributed by atoms with Gasteiger partial charge in [-0.25, -0.2) is 9.59 Å². The molecule has 0 radical (unpaired) electrons. The molecule has 0 heterocycles. The van der Waals surface area contributed by atoms with E-state index in [1.54, 1.807) is 0 Å². The maximum Gasteiger partial charge on any atom is 0.340 e. The summed E-state index contributed by atoms with van der Waals surface area (Å²) in [6.45, 7) is 0. The second-order valence-corrected chi connectivity index (χ2v) is 6.68. The standard InChI is InChI=1S/C15H12N2O6.C8H9NO3/c1-23-15(20)11-3-2-4-12(18)13(11)16-14(19)9-5-7-10(8-6-9)17(21)22;1-12-8(11)5-3-2-4-6(10)7(5)9/h2-8,18H,1H3,(H,16,19);2-4,10H,9H2,1H3. The second-order valence-electron chi connectivity index (χ2n) is 6.68. The summed E-state index contributed by atoms with van der Waals surface area (Å²) < 4.78 is 9.03. The molecule has 3 rings (SSSR count). The number of benzene rings is 3. The van der Waals surface area contributed by atoms with Crippen LogP contribution in [0.25, 0.3) is 0 Å². The van der Waals surface area contributed by atoms with Gasteiger partial charge in [-0.2, -0.15) is 0 Å². The van der Waals surface area contributed by atoms with E-state index in [4.69, 9.17) is 10.8 Å². The van der Waals surface area contributed by atoms with E-state index < -0.39 is 22.8 Å². The molecule has 182 valence electrons. The number of carbonyl (C=O) groups is 3. The van der Waals surface area contributed by atoms with Crippen molar-refractivity contribution in [3.63, 3.8) is 0 Å². The van der Waals surface area contributed by atoms with Gasteiger partial charge in [0, 0.05) is 17.7 Å². The summed E-state index contributed by atoms with van der Waals surface area (Å²) in [5.41, 5.74) is 5.51. The SMILES string of the molecule is COC(=O)c1cccc(O)c1N.COC(=O)c1cccc(O)c1NC(=O)c1ccc([N+](=O)[O-])cc1. The smallest absolute Gasteiger partial charge is 0.340 e. The number of rotatable bonds is 5. The minimum absolute atomic E-state index is 0.0113. The van der Waals surface area contributed by atoms with Gasteiger partial charge in [0.15, 0.2) is 0 Å². The van der Waals surface area contributed by atoms with Crippen LogP contribution in [-0.2, 0) is 9.47 Å². The van der Waals surface area contributed by atoms with Gasteiger partial charge in [-0.15, -0.1) is 0 Å². The van der Waals surface area contributed by atoms with Crippen molar-refractivity contribution in [2.45, 2.75) is 0 Å². The Morgan fingerprint density at radius 1 is 0.857 bits per heavy atom. The third-order valence-corrected chi connectivity index (χ3v) is 4.52. The first kappa shape index (κ1) is 26.1. The Balaban J connectivity index is 0.000000303. The molecule has 0 aliphatic rings. The molecule has 0 aromatic heterocycles. The van der Waals surface area contributed by atoms with Crippen molar-refractivity contribution in [3.05, 3.63) is 87.5 Å². The first-order chi connectivity index (χ1) is 16.6. The number of phenolic OH excluding ortho intramolecular Hbond substituents is 2. The fraction of sp³-hybridized carbons (Fsp3) is 0.0870. The van der Waals surface area contributed by atoms with Crippen molar-refractivity contribution in [1.29, 1.82) is 0 Å². The summed E-state index contributed by atoms with van der Waals surface area (Å²) in [6.07, 6.45) is 0. The minimum Gasteiger partial charge on any atom is -0.506 e. The summed E-state index contributed by atoms with van der Waals surface area (Å²) in [5.74, 6) is -2.32. The monoisotopic (exact) mass is 483 g/mol. The Labute approximate surface area is 198 Å². The van der Waals surface area contributed by atoms with Crippen LogP contribution in [0.3, 0.4) is 0 Å². The van der Waals surface area contributed by atoms with Crippen molar-refractivity contribution >= 4 is 34.9 Å². The number of nitro benzene ring substituents is 1. The topological polar surface area (TPSA) is 191 Å². The van der Waals surface area contributed by atoms with Gasteiger partial charge in [-0.1, -0.05) is 12.1 Å². The lowest BCUT2D eigenvalue weighted by atomic mass is 10.1. The van der Waals surface area contributed by atoms with Crippen molar-refractivity contribution in [2.24, 2.45) is 0 Å². The van der Waals surface area contributed by atoms with Gasteiger partial charge in [0.1, 0.15) is 11.5 Å². The van der Waals surface area contributed by atoms with Crippen LogP contribution < -0.4 is 11.1 Å². The van der Waals surface area contributed by atoms with Gasteiger partial charge in [0.25, 0.3) is 11.6 Å². The number of carbonyl (C=O) groups excluding carboxylic acids is 3. The number of non-ortho nitro benzene ring substituents is 1. The summed E-state index contributed by atoms with van der Waals surface area (Å²) in [6, 6.07) is 13.4. The highest BCUT2D eigenvalue weighted by atomic mass is 16.6. The van der Waals surface area contributed by atoms with Crippen molar-refractivity contribution < 1.29 is 39.0 Å². The maximum absolute atomic E-state index is 12.2. The summed E-state index contributed by atoms with van der Waals surface area (Å²) >= 11 is 0. The molecule has 0 saturated carbocycles. The van der Waals surface area contributed by atoms with Gasteiger partial charge in [0.05, 0.1) is 41.6 Å². The highest BCUT2D eigenvalue weighted by Crippen LogP contribution is 2.28. The number of nitrogens with zero attached hydrogens (tertiary/aromatic N) is 1. The average molecular weight is 483 g/mol. The highest BCUT2D eigenvalue weighted by molar-refractivity contribution is 6.09. The number of nitrogens with one attached hydrogen (secondary N) is 1. The Morgan fingerprint density at radius 2 is 1.37 bits per heavy atom. The molecule has 0 saturated heterocycles. The van der Waals surface area contributed by atoms with E-state index in [0.717, 1.165) is 0 Å². The van der Waals surface area contributed by atoms with Gasteiger partial charge in [-0.05, 0) is 36.4 Å². The molecule has 0 unspecified atom stereocenters. The maximum atomic E-state index is 12.2. The highest BCUT2D eigenvalue weighted by Gasteiger charge is 2.18. The normalized spacial score (nSPS) is 9.77. The Hall–Kier alpha value is -5.13. The van der Waals surface area contributed by atoms with E-state index in [9.17, 15) is 29.6 Å². The lowest BCUT2D eigenvalue weighted by Gasteiger charge is -2.11. The summed E-state index contributed by atoms with van der Waals surface area (Å²) in [5, 5.41) is 31.9. The number of esters is 2. The number of hydrogen-bond donors (Lipinski definition) is 4. The van der Waals surface area contributed by atoms with E-state index in [1.807, 2.05) is 0 Å². The minimum atomic E-state index is -0.722. The van der Waals surface area contributed by atoms with E-state index in [1.165, 1.54) is 74.9 Å². The van der Waals surface area contributed by atoms with Crippen LogP contribution in [-0.4, -0.2) is 47.2 Å². The molecule has 1 amide bonds. The molecular weight excluding hydrogens is 462 g/mol. The molecule has 0 atom stereocenters. The Morgan fingerprint density at radius 3 is 1.91 bits per heavy atom. The molecule has 5 N–H and O–H groups in total. The van der Waals surface area contributed by atoms with E-state index in [2.05, 4.69) is 14.8 Å². The Bertz CT molecular complexity index is 1260. The number of anilines is 2. The van der Waals surface area contributed by atoms with Crippen molar-refractivity contribution in [3.8, 4) is 11.5 Å². The average Bonchev–Trinajstić information content (AvgIpc) is 2.86. The van der Waals surface area contributed by atoms with Crippen molar-refractivity contribution in [2.75, 3.05) is 25.3 Å². The first-order valence-corrected chi connectivity index (χ1v) is 9.72. The first-order valence-electron chi connectivity index (χ1n) is 9.72. The van der Waals surface area contributed by atoms with Crippen LogP contribution in [0.5, 0.6) is 11.5 Å². The number of ether oxygens (including phenoxy) is 2. The zero-order valence-corrected chi connectivity index (χ0v) is 18.6. The molecule has 0 aliphatic carbocycles. The van der Waals surface area contributed by atoms with E-state index in [0.29, 0.717) is 0 Å². The molecule has 3 aromatic carbocycles. The van der Waals surface area contributed by atoms with Crippen LogP contribution >= 0.6 is 0 Å². The number of aromatic hydroxyl groups is 2. The molecule has 0 aliphatic heterocycles. The van der Waals surface area contributed by atoms with E-state index in [-0.39, 0.29) is 45.3 Å². The quantitative estimate of drug-likeness (QED) is 0.138. The zero-order chi connectivity index (χ0) is 26.1. The lowest BCUT2D eigenvalue weighted by molar-refractivity contribution is -0.384. The molecule has 0 fully saturated rings. The summed E-state index contributed by atoms with van der Waals surface area (Å²) in [4.78, 5) is 44.8. The van der Waals surface area contributed by atoms with Gasteiger partial charge in [-0.3, -0.25) is 14.9 Å². The van der Waals surface area contributed by atoms with Crippen LogP contribution in [0.2, 0.25) is 0 Å². The number of hydrogen-bond acceptors (Lipinski definition) is 10. The predicted molar refractivity (Wildman–Crippen MR) is 124 cm³/mol. The third kappa shape index (κ3) is 6.44. The fourth-order valence-electron chi connectivity index (χ4n) is 2.71. The van der Waals surface area contributed by atoms with E-state index >= 15 is 0 Å². The van der Waals surface area contributed by atoms with Crippen LogP contribution in [0.1, 0.15) is 31.1 Å². The molecule has 12 nitrogen and oxygen atoms in total. The second kappa shape index (κ2) is 11.7. The van der Waals surface area contributed by atoms with Crippen LogP contribution in [0.15, 0.2) is 60.7 Å². The van der Waals surface area contributed by atoms with Gasteiger partial charge >= 0.3 is 11.9 Å². The largest absolute Gasteiger partial charge is 0.506 e. The van der Waals surface area contributed by atoms with Crippen LogP contribution in [0, 0.1) is 10.1 Å². The molecule has 12 heteroatoms. The molecule has 0 bridgehead atoms. The molecule has 35 heavy (non-hydrogen) atoms. The number of amides is 1. The van der Waals surface area contributed by atoms with Crippen molar-refractivity contribution in [1.82, 2.24) is 0 Å². The molecule has 0 spiro atoms. The fourth-order valence-corrected chi connectivity index (χ4v) is 2.71. The molecular formula is C23H21N3O9. The van der Waals surface area contributed by atoms with Crippen LogP contribution in [0.4, 0.5) is 17.1 Å². The lowest BCUT2D eigenvalue weighted by Crippen LogP contribution is -2.15. The predicted octanol–water partition coefficient (Wildman–Crippen LogP) is 3.10. The number of methoxy groups -OCH3 is 2.